The lowest BCUT2D eigenvalue weighted by Crippen LogP contribution is -2.12. The Bertz CT molecular complexity index is 1210. The molecule has 0 spiro atoms. The van der Waals surface area contributed by atoms with Crippen molar-refractivity contribution in [2.24, 2.45) is 0 Å². The summed E-state index contributed by atoms with van der Waals surface area (Å²) in [6.45, 7) is 3.07. The minimum Gasteiger partial charge on any atom is -0.484 e. The van der Waals surface area contributed by atoms with Crippen molar-refractivity contribution < 1.29 is 13.9 Å². The van der Waals surface area contributed by atoms with E-state index in [2.05, 4.69) is 33.6 Å². The maximum absolute atomic E-state index is 12.3. The van der Waals surface area contributed by atoms with Gasteiger partial charge >= 0.3 is 0 Å². The molecule has 2 aromatic heterocycles. The summed E-state index contributed by atoms with van der Waals surface area (Å²) in [5.41, 5.74) is 3.22. The van der Waals surface area contributed by atoms with E-state index in [1.807, 2.05) is 23.0 Å². The maximum Gasteiger partial charge on any atom is 0.277 e. The molecule has 4 rings (SSSR count). The summed E-state index contributed by atoms with van der Waals surface area (Å²) in [5, 5.41) is 11.1. The summed E-state index contributed by atoms with van der Waals surface area (Å²) in [5.74, 6) is 0.666. The lowest BCUT2D eigenvalue weighted by Gasteiger charge is -2.09. The zero-order valence-corrected chi connectivity index (χ0v) is 19.0. The largest absolute Gasteiger partial charge is 0.484 e. The highest BCUT2D eigenvalue weighted by atomic mass is 35.5. The van der Waals surface area contributed by atoms with Crippen LogP contribution in [0.2, 0.25) is 5.02 Å². The quantitative estimate of drug-likeness (QED) is 0.328. The van der Waals surface area contributed by atoms with E-state index in [-0.39, 0.29) is 18.2 Å². The number of anilines is 1. The number of halogens is 1. The molecule has 2 aromatic carbocycles. The number of unbranched alkanes of at least 4 members (excludes halogenated alkanes) is 1. The number of nitrogens with one attached hydrogen (secondary N) is 1. The number of carbonyl (C=O) groups excluding carboxylic acids is 1. The van der Waals surface area contributed by atoms with Gasteiger partial charge in [-0.1, -0.05) is 28.9 Å². The third-order valence-electron chi connectivity index (χ3n) is 5.10. The molecule has 1 N–H and O–H groups in total. The van der Waals surface area contributed by atoms with Gasteiger partial charge in [0.25, 0.3) is 5.91 Å². The van der Waals surface area contributed by atoms with E-state index >= 15 is 0 Å². The molecule has 0 bridgehead atoms. The van der Waals surface area contributed by atoms with Crippen molar-refractivity contribution in [3.8, 4) is 5.75 Å². The molecule has 0 saturated carbocycles. The number of ether oxygens (including phenoxy) is 1. The molecule has 2 heterocycles. The van der Waals surface area contributed by atoms with Gasteiger partial charge in [-0.2, -0.15) is 0 Å². The first-order valence-corrected chi connectivity index (χ1v) is 11.0. The Balaban J connectivity index is 1.25. The van der Waals surface area contributed by atoms with Gasteiger partial charge in [0, 0.05) is 23.5 Å². The number of amides is 1. The van der Waals surface area contributed by atoms with Gasteiger partial charge in [0.2, 0.25) is 5.89 Å². The van der Waals surface area contributed by atoms with Crippen molar-refractivity contribution in [2.45, 2.75) is 39.3 Å². The summed E-state index contributed by atoms with van der Waals surface area (Å²) in [6.07, 6.45) is 7.98. The molecule has 9 heteroatoms. The SMILES string of the molecule is Cc1cc(OCc2nc(C(=O)Nc3cccc(Cl)c3)co2)ccc1CCCCn1ccnn1. The predicted octanol–water partition coefficient (Wildman–Crippen LogP) is 5.08. The number of benzene rings is 2. The van der Waals surface area contributed by atoms with Crippen LogP contribution in [0.4, 0.5) is 5.69 Å². The smallest absolute Gasteiger partial charge is 0.277 e. The molecule has 0 fully saturated rings. The summed E-state index contributed by atoms with van der Waals surface area (Å²) >= 11 is 5.94. The summed E-state index contributed by atoms with van der Waals surface area (Å²) in [7, 11) is 0. The number of hydrogen-bond acceptors (Lipinski definition) is 6. The van der Waals surface area contributed by atoms with E-state index in [0.29, 0.717) is 16.6 Å². The van der Waals surface area contributed by atoms with Crippen LogP contribution >= 0.6 is 11.6 Å². The molecular formula is C24H24ClN5O3. The number of carbonyl (C=O) groups is 1. The average molecular weight is 466 g/mol. The maximum atomic E-state index is 12.3. The number of rotatable bonds is 10. The second-order valence-corrected chi connectivity index (χ2v) is 8.03. The highest BCUT2D eigenvalue weighted by molar-refractivity contribution is 6.30. The Kier molecular flexibility index (Phi) is 7.36. The zero-order valence-electron chi connectivity index (χ0n) is 18.2. The first-order valence-electron chi connectivity index (χ1n) is 10.6. The average Bonchev–Trinajstić information content (AvgIpc) is 3.49. The van der Waals surface area contributed by atoms with Crippen molar-refractivity contribution >= 4 is 23.2 Å². The molecule has 0 aliphatic heterocycles. The van der Waals surface area contributed by atoms with Crippen LogP contribution in [0.1, 0.15) is 40.3 Å². The second kappa shape index (κ2) is 10.8. The van der Waals surface area contributed by atoms with Gasteiger partial charge in [0.05, 0.1) is 6.20 Å². The standard InChI is InChI=1S/C24H24ClN5O3/c1-17-13-21(9-8-18(17)5-2-3-11-30-12-10-26-29-30)32-16-23-28-22(15-33-23)24(31)27-20-7-4-6-19(25)14-20/h4,6-10,12-15H,2-3,5,11,16H2,1H3,(H,27,31). The van der Waals surface area contributed by atoms with Crippen LogP contribution in [0.3, 0.4) is 0 Å². The fraction of sp³-hybridized carbons (Fsp3) is 0.250. The summed E-state index contributed by atoms with van der Waals surface area (Å²) in [4.78, 5) is 16.6. The molecule has 0 saturated heterocycles. The minimum atomic E-state index is -0.378. The van der Waals surface area contributed by atoms with Crippen LogP contribution < -0.4 is 10.1 Å². The van der Waals surface area contributed by atoms with Crippen molar-refractivity contribution in [1.29, 1.82) is 0 Å². The second-order valence-electron chi connectivity index (χ2n) is 7.59. The first-order chi connectivity index (χ1) is 16.1. The van der Waals surface area contributed by atoms with E-state index in [4.69, 9.17) is 20.8 Å². The molecule has 0 aliphatic carbocycles. The zero-order chi connectivity index (χ0) is 23.0. The molecule has 33 heavy (non-hydrogen) atoms. The van der Waals surface area contributed by atoms with Gasteiger partial charge in [-0.05, 0) is 67.6 Å². The van der Waals surface area contributed by atoms with E-state index in [9.17, 15) is 4.79 Å². The number of aryl methyl sites for hydroxylation is 3. The Morgan fingerprint density at radius 1 is 1.21 bits per heavy atom. The number of aromatic nitrogens is 4. The van der Waals surface area contributed by atoms with Gasteiger partial charge in [-0.15, -0.1) is 5.10 Å². The fourth-order valence-corrected chi connectivity index (χ4v) is 3.56. The Morgan fingerprint density at radius 3 is 2.91 bits per heavy atom. The van der Waals surface area contributed by atoms with Crippen LogP contribution in [-0.2, 0) is 19.6 Å². The third kappa shape index (κ3) is 6.43. The molecule has 0 aliphatic rings. The Morgan fingerprint density at radius 2 is 2.12 bits per heavy atom. The third-order valence-corrected chi connectivity index (χ3v) is 5.33. The van der Waals surface area contributed by atoms with Crippen molar-refractivity contribution in [3.05, 3.63) is 88.9 Å². The molecule has 0 radical (unpaired) electrons. The highest BCUT2D eigenvalue weighted by Crippen LogP contribution is 2.21. The van der Waals surface area contributed by atoms with Crippen molar-refractivity contribution in [2.75, 3.05) is 5.32 Å². The van der Waals surface area contributed by atoms with Crippen LogP contribution in [0, 0.1) is 6.92 Å². The lowest BCUT2D eigenvalue weighted by atomic mass is 10.0. The number of oxazole rings is 1. The number of hydrogen-bond donors (Lipinski definition) is 1. The molecule has 0 unspecified atom stereocenters. The molecular weight excluding hydrogens is 442 g/mol. The topological polar surface area (TPSA) is 95.1 Å². The van der Waals surface area contributed by atoms with Gasteiger partial charge < -0.3 is 14.5 Å². The van der Waals surface area contributed by atoms with E-state index < -0.39 is 0 Å². The highest BCUT2D eigenvalue weighted by Gasteiger charge is 2.13. The Labute approximate surface area is 196 Å². The monoisotopic (exact) mass is 465 g/mol. The molecule has 1 amide bonds. The molecule has 170 valence electrons. The molecule has 0 atom stereocenters. The predicted molar refractivity (Wildman–Crippen MR) is 124 cm³/mol. The van der Waals surface area contributed by atoms with Crippen LogP contribution in [-0.4, -0.2) is 25.9 Å². The van der Waals surface area contributed by atoms with Gasteiger partial charge in [0.1, 0.15) is 12.0 Å². The molecule has 4 aromatic rings. The minimum absolute atomic E-state index is 0.126. The normalized spacial score (nSPS) is 10.8. The van der Waals surface area contributed by atoms with Crippen LogP contribution in [0.25, 0.3) is 0 Å². The van der Waals surface area contributed by atoms with Gasteiger partial charge in [0.15, 0.2) is 12.3 Å². The van der Waals surface area contributed by atoms with E-state index in [1.165, 1.54) is 17.4 Å². The number of nitrogens with zero attached hydrogens (tertiary/aromatic N) is 4. The van der Waals surface area contributed by atoms with Crippen LogP contribution in [0.15, 0.2) is 65.5 Å². The molecule has 8 nitrogen and oxygen atoms in total. The van der Waals surface area contributed by atoms with Gasteiger partial charge in [-0.25, -0.2) is 4.98 Å². The van der Waals surface area contributed by atoms with Crippen LogP contribution in [0.5, 0.6) is 5.75 Å². The van der Waals surface area contributed by atoms with E-state index in [1.54, 1.807) is 30.5 Å². The van der Waals surface area contributed by atoms with Crippen molar-refractivity contribution in [3.63, 3.8) is 0 Å². The fourth-order valence-electron chi connectivity index (χ4n) is 3.37. The van der Waals surface area contributed by atoms with E-state index in [0.717, 1.165) is 31.6 Å². The summed E-state index contributed by atoms with van der Waals surface area (Å²) in [6, 6.07) is 12.9. The summed E-state index contributed by atoms with van der Waals surface area (Å²) < 4.78 is 13.0. The lowest BCUT2D eigenvalue weighted by molar-refractivity contribution is 0.102. The van der Waals surface area contributed by atoms with Crippen molar-refractivity contribution in [1.82, 2.24) is 20.0 Å². The van der Waals surface area contributed by atoms with Gasteiger partial charge in [-0.3, -0.25) is 9.48 Å². The Hall–Kier alpha value is -3.65. The first kappa shape index (κ1) is 22.5.